The van der Waals surface area contributed by atoms with E-state index in [-0.39, 0.29) is 37.0 Å². The van der Waals surface area contributed by atoms with E-state index in [9.17, 15) is 14.4 Å². The highest BCUT2D eigenvalue weighted by molar-refractivity contribution is 9.10. The summed E-state index contributed by atoms with van der Waals surface area (Å²) in [5.74, 6) is -0.568. The number of hydrogen-bond acceptors (Lipinski definition) is 3. The van der Waals surface area contributed by atoms with Crippen molar-refractivity contribution in [3.8, 4) is 0 Å². The third-order valence-corrected chi connectivity index (χ3v) is 5.02. The molecule has 2 rings (SSSR count). The molecule has 0 aliphatic heterocycles. The molecule has 2 aromatic carbocycles. The highest BCUT2D eigenvalue weighted by atomic mass is 79.9. The number of nitrogens with one attached hydrogen (secondary N) is 1. The summed E-state index contributed by atoms with van der Waals surface area (Å²) in [5.41, 5.74) is 4.20. The van der Waals surface area contributed by atoms with Crippen molar-refractivity contribution in [1.82, 2.24) is 4.90 Å². The summed E-state index contributed by atoms with van der Waals surface area (Å²) in [4.78, 5) is 38.3. The minimum absolute atomic E-state index is 0.0575. The summed E-state index contributed by atoms with van der Waals surface area (Å²) in [6.45, 7) is 5.65. The summed E-state index contributed by atoms with van der Waals surface area (Å²) in [6.07, 6.45) is 0.203. The molecular formula is C22H25BrN2O3. The summed E-state index contributed by atoms with van der Waals surface area (Å²) >= 11 is 3.38. The number of carbonyl (C=O) groups excluding carboxylic acids is 3. The number of halogens is 1. The number of ketones is 1. The van der Waals surface area contributed by atoms with Crippen LogP contribution in [0.3, 0.4) is 0 Å². The molecule has 0 fully saturated rings. The van der Waals surface area contributed by atoms with E-state index in [4.69, 9.17) is 0 Å². The van der Waals surface area contributed by atoms with Gasteiger partial charge in [0, 0.05) is 35.6 Å². The first-order valence-electron chi connectivity index (χ1n) is 9.08. The van der Waals surface area contributed by atoms with E-state index in [1.165, 1.54) is 4.90 Å². The number of benzene rings is 2. The molecule has 2 amide bonds. The zero-order valence-electron chi connectivity index (χ0n) is 16.6. The van der Waals surface area contributed by atoms with Gasteiger partial charge in [0.2, 0.25) is 11.8 Å². The molecule has 0 saturated carbocycles. The Morgan fingerprint density at radius 2 is 1.68 bits per heavy atom. The number of nitrogens with zero attached hydrogens (tertiary/aromatic N) is 1. The lowest BCUT2D eigenvalue weighted by Crippen LogP contribution is -2.35. The van der Waals surface area contributed by atoms with E-state index in [2.05, 4.69) is 21.2 Å². The third kappa shape index (κ3) is 6.02. The fourth-order valence-electron chi connectivity index (χ4n) is 2.84. The molecule has 0 aromatic heterocycles. The molecule has 148 valence electrons. The van der Waals surface area contributed by atoms with Crippen molar-refractivity contribution < 1.29 is 14.4 Å². The Bertz CT molecular complexity index is 909. The van der Waals surface area contributed by atoms with E-state index in [0.29, 0.717) is 11.3 Å². The monoisotopic (exact) mass is 444 g/mol. The first-order valence-corrected chi connectivity index (χ1v) is 9.87. The Labute approximate surface area is 174 Å². The summed E-state index contributed by atoms with van der Waals surface area (Å²) in [6, 6.07) is 11.3. The van der Waals surface area contributed by atoms with E-state index in [1.807, 2.05) is 57.2 Å². The average molecular weight is 445 g/mol. The molecule has 5 nitrogen and oxygen atoms in total. The van der Waals surface area contributed by atoms with Crippen molar-refractivity contribution >= 4 is 39.2 Å². The summed E-state index contributed by atoms with van der Waals surface area (Å²) in [5, 5.41) is 2.81. The van der Waals surface area contributed by atoms with E-state index >= 15 is 0 Å². The number of aryl methyl sites for hydroxylation is 3. The van der Waals surface area contributed by atoms with Gasteiger partial charge in [0.1, 0.15) is 0 Å². The van der Waals surface area contributed by atoms with Gasteiger partial charge in [-0.3, -0.25) is 14.4 Å². The van der Waals surface area contributed by atoms with Crippen LogP contribution in [0.5, 0.6) is 0 Å². The predicted molar refractivity (Wildman–Crippen MR) is 115 cm³/mol. The normalized spacial score (nSPS) is 10.5. The SMILES string of the molecule is Cc1ccc(C)c(C(=O)CCC(=O)N(C)CC(=O)Nc2ccc(Br)cc2C)c1. The van der Waals surface area contributed by atoms with Crippen LogP contribution in [0.4, 0.5) is 5.69 Å². The third-order valence-electron chi connectivity index (χ3n) is 4.53. The number of amides is 2. The maximum absolute atomic E-state index is 12.4. The molecular weight excluding hydrogens is 420 g/mol. The molecule has 0 unspecified atom stereocenters. The Balaban J connectivity index is 1.87. The van der Waals surface area contributed by atoms with Crippen LogP contribution < -0.4 is 5.32 Å². The van der Waals surface area contributed by atoms with Crippen molar-refractivity contribution in [2.24, 2.45) is 0 Å². The minimum atomic E-state index is -0.276. The lowest BCUT2D eigenvalue weighted by Gasteiger charge is -2.17. The van der Waals surface area contributed by atoms with Crippen LogP contribution in [0.25, 0.3) is 0 Å². The molecule has 0 bridgehead atoms. The van der Waals surface area contributed by atoms with Gasteiger partial charge in [-0.15, -0.1) is 0 Å². The quantitative estimate of drug-likeness (QED) is 0.642. The topological polar surface area (TPSA) is 66.5 Å². The first-order chi connectivity index (χ1) is 13.2. The molecule has 0 atom stereocenters. The standard InChI is InChI=1S/C22H25BrN2O3/c1-14-5-6-15(2)18(11-14)20(26)9-10-22(28)25(4)13-21(27)24-19-8-7-17(23)12-16(19)3/h5-8,11-12H,9-10,13H2,1-4H3,(H,24,27). The maximum atomic E-state index is 12.4. The number of anilines is 1. The largest absolute Gasteiger partial charge is 0.336 e. The van der Waals surface area contributed by atoms with Gasteiger partial charge in [0.05, 0.1) is 6.54 Å². The Kier molecular flexibility index (Phi) is 7.52. The van der Waals surface area contributed by atoms with Gasteiger partial charge in [0.15, 0.2) is 5.78 Å². The number of hydrogen-bond donors (Lipinski definition) is 1. The van der Waals surface area contributed by atoms with Gasteiger partial charge in [-0.2, -0.15) is 0 Å². The molecule has 1 N–H and O–H groups in total. The number of likely N-dealkylation sites (N-methyl/N-ethyl adjacent to an activating group) is 1. The van der Waals surface area contributed by atoms with Gasteiger partial charge in [0.25, 0.3) is 0 Å². The highest BCUT2D eigenvalue weighted by Crippen LogP contribution is 2.20. The average Bonchev–Trinajstić information content (AvgIpc) is 2.63. The van der Waals surface area contributed by atoms with Gasteiger partial charge in [-0.05, 0) is 56.2 Å². The van der Waals surface area contributed by atoms with Crippen molar-refractivity contribution in [3.05, 3.63) is 63.1 Å². The van der Waals surface area contributed by atoms with E-state index < -0.39 is 0 Å². The number of rotatable bonds is 7. The van der Waals surface area contributed by atoms with Gasteiger partial charge < -0.3 is 10.2 Å². The molecule has 28 heavy (non-hydrogen) atoms. The van der Waals surface area contributed by atoms with Crippen LogP contribution >= 0.6 is 15.9 Å². The molecule has 0 aliphatic carbocycles. The molecule has 0 saturated heterocycles. The second-order valence-electron chi connectivity index (χ2n) is 7.00. The minimum Gasteiger partial charge on any atom is -0.336 e. The van der Waals surface area contributed by atoms with Crippen molar-refractivity contribution in [2.75, 3.05) is 18.9 Å². The van der Waals surface area contributed by atoms with Gasteiger partial charge in [-0.1, -0.05) is 33.6 Å². The van der Waals surface area contributed by atoms with Crippen molar-refractivity contribution in [2.45, 2.75) is 33.6 Å². The molecule has 0 heterocycles. The molecule has 2 aromatic rings. The fraction of sp³-hybridized carbons (Fsp3) is 0.318. The lowest BCUT2D eigenvalue weighted by molar-refractivity contribution is -0.133. The summed E-state index contributed by atoms with van der Waals surface area (Å²) < 4.78 is 0.934. The second-order valence-corrected chi connectivity index (χ2v) is 7.91. The van der Waals surface area contributed by atoms with Crippen LogP contribution in [-0.2, 0) is 9.59 Å². The number of carbonyl (C=O) groups is 3. The molecule has 6 heteroatoms. The van der Waals surface area contributed by atoms with Crippen molar-refractivity contribution in [1.29, 1.82) is 0 Å². The predicted octanol–water partition coefficient (Wildman–Crippen LogP) is 4.43. The summed E-state index contributed by atoms with van der Waals surface area (Å²) in [7, 11) is 1.57. The molecule has 0 aliphatic rings. The maximum Gasteiger partial charge on any atom is 0.243 e. The molecule has 0 spiro atoms. The smallest absolute Gasteiger partial charge is 0.243 e. The Morgan fingerprint density at radius 1 is 0.964 bits per heavy atom. The zero-order chi connectivity index (χ0) is 20.8. The van der Waals surface area contributed by atoms with Crippen LogP contribution in [0, 0.1) is 20.8 Å². The van der Waals surface area contributed by atoms with Crippen LogP contribution in [0.15, 0.2) is 40.9 Å². The zero-order valence-corrected chi connectivity index (χ0v) is 18.2. The van der Waals surface area contributed by atoms with Crippen LogP contribution in [0.1, 0.15) is 39.9 Å². The Morgan fingerprint density at radius 3 is 2.36 bits per heavy atom. The van der Waals surface area contributed by atoms with Gasteiger partial charge >= 0.3 is 0 Å². The Hall–Kier alpha value is -2.47. The van der Waals surface area contributed by atoms with Crippen molar-refractivity contribution in [3.63, 3.8) is 0 Å². The molecule has 0 radical (unpaired) electrons. The lowest BCUT2D eigenvalue weighted by atomic mass is 9.99. The second kappa shape index (κ2) is 9.64. The van der Waals surface area contributed by atoms with Gasteiger partial charge in [-0.25, -0.2) is 0 Å². The van der Waals surface area contributed by atoms with E-state index in [1.54, 1.807) is 7.05 Å². The highest BCUT2D eigenvalue weighted by Gasteiger charge is 2.17. The fourth-order valence-corrected chi connectivity index (χ4v) is 3.32. The van der Waals surface area contributed by atoms with Crippen LogP contribution in [0.2, 0.25) is 0 Å². The number of Topliss-reactive ketones (excluding diaryl/α,β-unsaturated/α-hetero) is 1. The first kappa shape index (κ1) is 21.8. The van der Waals surface area contributed by atoms with Crippen LogP contribution in [-0.4, -0.2) is 36.1 Å². The van der Waals surface area contributed by atoms with E-state index in [0.717, 1.165) is 21.2 Å².